The summed E-state index contributed by atoms with van der Waals surface area (Å²) in [5.41, 5.74) is 0.979. The highest BCUT2D eigenvalue weighted by Gasteiger charge is 2.18. The predicted octanol–water partition coefficient (Wildman–Crippen LogP) is 1.70. The van der Waals surface area contributed by atoms with Gasteiger partial charge in [-0.25, -0.2) is 8.42 Å². The second kappa shape index (κ2) is 9.15. The summed E-state index contributed by atoms with van der Waals surface area (Å²) in [4.78, 5) is 2.29. The molecule has 0 radical (unpaired) electrons. The van der Waals surface area contributed by atoms with Crippen molar-refractivity contribution in [2.75, 3.05) is 57.8 Å². The molecule has 0 spiro atoms. The van der Waals surface area contributed by atoms with Gasteiger partial charge < -0.3 is 19.5 Å². The third-order valence-corrected chi connectivity index (χ3v) is 5.51. The molecule has 0 saturated carbocycles. The van der Waals surface area contributed by atoms with E-state index in [1.807, 2.05) is 43.3 Å². The fraction of sp³-hybridized carbons (Fsp3) is 0.444. The van der Waals surface area contributed by atoms with Gasteiger partial charge in [-0.1, -0.05) is 24.3 Å². The molecule has 0 aromatic heterocycles. The third-order valence-electron chi connectivity index (χ3n) is 3.78. The molecule has 0 unspecified atom stereocenters. The van der Waals surface area contributed by atoms with Crippen LogP contribution in [-0.4, -0.2) is 66.4 Å². The Morgan fingerprint density at radius 2 is 1.56 bits per heavy atom. The maximum Gasteiger partial charge on any atom is 0.181 e. The molecule has 2 aromatic carbocycles. The molecule has 25 heavy (non-hydrogen) atoms. The van der Waals surface area contributed by atoms with Gasteiger partial charge in [0.15, 0.2) is 9.84 Å². The van der Waals surface area contributed by atoms with E-state index in [-0.39, 0.29) is 25.6 Å². The quantitative estimate of drug-likeness (QED) is 0.644. The summed E-state index contributed by atoms with van der Waals surface area (Å²) in [6.45, 7) is 0.960. The highest BCUT2D eigenvalue weighted by Crippen LogP contribution is 2.30. The molecule has 6 nitrogen and oxygen atoms in total. The molecule has 2 aromatic rings. The van der Waals surface area contributed by atoms with Crippen LogP contribution >= 0.6 is 0 Å². The van der Waals surface area contributed by atoms with Gasteiger partial charge in [0.05, 0.1) is 43.7 Å². The van der Waals surface area contributed by atoms with Crippen molar-refractivity contribution in [2.24, 2.45) is 0 Å². The molecular weight excluding hydrogens is 342 g/mol. The second-order valence-electron chi connectivity index (χ2n) is 5.79. The summed E-state index contributed by atoms with van der Waals surface area (Å²) >= 11 is 0. The number of ether oxygens (including phenoxy) is 2. The van der Waals surface area contributed by atoms with Gasteiger partial charge in [-0.05, 0) is 12.1 Å². The lowest BCUT2D eigenvalue weighted by Gasteiger charge is -2.17. The zero-order valence-electron chi connectivity index (χ0n) is 14.6. The maximum absolute atomic E-state index is 12.7. The number of anilines is 1. The van der Waals surface area contributed by atoms with Crippen molar-refractivity contribution in [1.29, 1.82) is 0 Å². The van der Waals surface area contributed by atoms with Crippen molar-refractivity contribution in [3.05, 3.63) is 36.4 Å². The fourth-order valence-corrected chi connectivity index (χ4v) is 3.95. The van der Waals surface area contributed by atoms with Crippen molar-refractivity contribution in [1.82, 2.24) is 0 Å². The second-order valence-corrected chi connectivity index (χ2v) is 7.87. The fourth-order valence-electron chi connectivity index (χ4n) is 2.59. The van der Waals surface area contributed by atoms with Crippen LogP contribution in [0.5, 0.6) is 0 Å². The standard InChI is InChI=1S/C18H25NO5S/c1-19(2)17-7-3-6-16-15(17)5-4-8-18(16)25(21,22)14-13-24-12-11-23-10-9-20/h3-8,20H,9-14H2,1-2H3. The highest BCUT2D eigenvalue weighted by molar-refractivity contribution is 7.91. The average Bonchev–Trinajstić information content (AvgIpc) is 2.59. The minimum Gasteiger partial charge on any atom is -0.394 e. The summed E-state index contributed by atoms with van der Waals surface area (Å²) in [6, 6.07) is 11.0. The van der Waals surface area contributed by atoms with Gasteiger partial charge in [0.25, 0.3) is 0 Å². The van der Waals surface area contributed by atoms with Crippen LogP contribution in [0.15, 0.2) is 41.3 Å². The Kier molecular flexibility index (Phi) is 7.19. The molecule has 0 atom stereocenters. The van der Waals surface area contributed by atoms with Crippen molar-refractivity contribution in [3.63, 3.8) is 0 Å². The molecule has 0 heterocycles. The molecule has 1 N–H and O–H groups in total. The van der Waals surface area contributed by atoms with Gasteiger partial charge in [0.1, 0.15) is 0 Å². The molecule has 7 heteroatoms. The van der Waals surface area contributed by atoms with E-state index >= 15 is 0 Å². The van der Waals surface area contributed by atoms with Crippen LogP contribution in [0.2, 0.25) is 0 Å². The third kappa shape index (κ3) is 5.15. The number of rotatable bonds is 10. The van der Waals surface area contributed by atoms with Crippen LogP contribution in [0.1, 0.15) is 0 Å². The van der Waals surface area contributed by atoms with Crippen molar-refractivity contribution in [3.8, 4) is 0 Å². The largest absolute Gasteiger partial charge is 0.394 e. The number of fused-ring (bicyclic) bond motifs is 1. The van der Waals surface area contributed by atoms with Gasteiger partial charge in [-0.15, -0.1) is 0 Å². The lowest BCUT2D eigenvalue weighted by Crippen LogP contribution is -2.15. The highest BCUT2D eigenvalue weighted by atomic mass is 32.2. The lowest BCUT2D eigenvalue weighted by atomic mass is 10.1. The Morgan fingerprint density at radius 3 is 2.24 bits per heavy atom. The van der Waals surface area contributed by atoms with E-state index in [0.717, 1.165) is 16.5 Å². The van der Waals surface area contributed by atoms with E-state index < -0.39 is 9.84 Å². The number of hydrogen-bond donors (Lipinski definition) is 1. The topological polar surface area (TPSA) is 76.1 Å². The lowest BCUT2D eigenvalue weighted by molar-refractivity contribution is 0.0375. The molecule has 0 bridgehead atoms. The van der Waals surface area contributed by atoms with Gasteiger partial charge in [0, 0.05) is 30.6 Å². The Hall–Kier alpha value is -1.67. The Balaban J connectivity index is 2.10. The van der Waals surface area contributed by atoms with Crippen LogP contribution in [0.25, 0.3) is 10.8 Å². The molecule has 0 saturated heterocycles. The molecule has 0 fully saturated rings. The number of nitrogens with zero attached hydrogens (tertiary/aromatic N) is 1. The van der Waals surface area contributed by atoms with E-state index in [1.165, 1.54) is 0 Å². The molecular formula is C18H25NO5S. The minimum absolute atomic E-state index is 0.0373. The summed E-state index contributed by atoms with van der Waals surface area (Å²) in [7, 11) is 0.415. The van der Waals surface area contributed by atoms with Crippen molar-refractivity contribution < 1.29 is 23.0 Å². The summed E-state index contributed by atoms with van der Waals surface area (Å²) in [5, 5.41) is 10.2. The molecule has 138 valence electrons. The summed E-state index contributed by atoms with van der Waals surface area (Å²) in [6.07, 6.45) is 0. The Morgan fingerprint density at radius 1 is 0.920 bits per heavy atom. The van der Waals surface area contributed by atoms with Crippen LogP contribution in [0.4, 0.5) is 5.69 Å². The first-order valence-corrected chi connectivity index (χ1v) is 9.81. The maximum atomic E-state index is 12.7. The Labute approximate surface area is 148 Å². The minimum atomic E-state index is -3.45. The van der Waals surface area contributed by atoms with E-state index in [9.17, 15) is 8.42 Å². The predicted molar refractivity (Wildman–Crippen MR) is 99.1 cm³/mol. The molecule has 0 amide bonds. The first-order chi connectivity index (χ1) is 12.0. The number of aliphatic hydroxyl groups is 1. The van der Waals surface area contributed by atoms with Gasteiger partial charge in [0.2, 0.25) is 0 Å². The first kappa shape index (κ1) is 19.7. The number of sulfone groups is 1. The molecule has 0 aliphatic heterocycles. The van der Waals surface area contributed by atoms with Gasteiger partial charge >= 0.3 is 0 Å². The van der Waals surface area contributed by atoms with E-state index in [0.29, 0.717) is 18.1 Å². The zero-order valence-corrected chi connectivity index (χ0v) is 15.5. The zero-order chi connectivity index (χ0) is 18.3. The Bertz CT molecular complexity index is 789. The van der Waals surface area contributed by atoms with Crippen molar-refractivity contribution >= 4 is 26.3 Å². The van der Waals surface area contributed by atoms with Crippen LogP contribution in [0.3, 0.4) is 0 Å². The van der Waals surface area contributed by atoms with Crippen LogP contribution in [0, 0.1) is 0 Å². The van der Waals surface area contributed by atoms with Crippen LogP contribution in [-0.2, 0) is 19.3 Å². The van der Waals surface area contributed by atoms with Gasteiger partial charge in [-0.2, -0.15) is 0 Å². The molecule has 2 rings (SSSR count). The van der Waals surface area contributed by atoms with E-state index in [1.54, 1.807) is 12.1 Å². The summed E-state index contributed by atoms with van der Waals surface area (Å²) < 4.78 is 35.8. The number of aliphatic hydroxyl groups excluding tert-OH is 1. The molecule has 0 aliphatic carbocycles. The monoisotopic (exact) mass is 367 g/mol. The van der Waals surface area contributed by atoms with Crippen molar-refractivity contribution in [2.45, 2.75) is 4.90 Å². The van der Waals surface area contributed by atoms with Crippen LogP contribution < -0.4 is 4.90 Å². The van der Waals surface area contributed by atoms with E-state index in [4.69, 9.17) is 14.6 Å². The smallest absolute Gasteiger partial charge is 0.181 e. The number of benzene rings is 2. The normalized spacial score (nSPS) is 11.8. The summed E-state index contributed by atoms with van der Waals surface area (Å²) in [5.74, 6) is -0.0850. The van der Waals surface area contributed by atoms with E-state index in [2.05, 4.69) is 0 Å². The average molecular weight is 367 g/mol. The first-order valence-electron chi connectivity index (χ1n) is 8.15. The van der Waals surface area contributed by atoms with Gasteiger partial charge in [-0.3, -0.25) is 0 Å². The number of hydrogen-bond acceptors (Lipinski definition) is 6. The molecule has 0 aliphatic rings. The SMILES string of the molecule is CN(C)c1cccc2c(S(=O)(=O)CCOCCOCCO)cccc12.